The summed E-state index contributed by atoms with van der Waals surface area (Å²) >= 11 is 6.21. The van der Waals surface area contributed by atoms with Crippen molar-refractivity contribution in [2.45, 2.75) is 26.3 Å². The third-order valence-electron chi connectivity index (χ3n) is 4.22. The second kappa shape index (κ2) is 7.00. The van der Waals surface area contributed by atoms with Crippen LogP contribution in [0.1, 0.15) is 25.8 Å². The van der Waals surface area contributed by atoms with Crippen LogP contribution in [-0.2, 0) is 0 Å². The third kappa shape index (κ3) is 3.41. The van der Waals surface area contributed by atoms with E-state index in [1.54, 1.807) is 6.07 Å². The number of oxime groups is 1. The van der Waals surface area contributed by atoms with E-state index in [4.69, 9.17) is 22.5 Å². The van der Waals surface area contributed by atoms with Crippen molar-refractivity contribution in [2.75, 3.05) is 31.1 Å². The van der Waals surface area contributed by atoms with Crippen molar-refractivity contribution in [3.05, 3.63) is 28.8 Å². The van der Waals surface area contributed by atoms with Gasteiger partial charge in [0.1, 0.15) is 0 Å². The molecular weight excluding hydrogens is 288 g/mol. The van der Waals surface area contributed by atoms with Crippen LogP contribution in [0.3, 0.4) is 0 Å². The average molecular weight is 311 g/mol. The maximum absolute atomic E-state index is 8.96. The first-order valence-corrected chi connectivity index (χ1v) is 7.71. The molecule has 1 saturated heterocycles. The highest BCUT2D eigenvalue weighted by Crippen LogP contribution is 2.28. The molecule has 2 rings (SSSR count). The maximum Gasteiger partial charge on any atom is 0.173 e. The van der Waals surface area contributed by atoms with Gasteiger partial charge in [-0.25, -0.2) is 0 Å². The molecule has 3 N–H and O–H groups in total. The summed E-state index contributed by atoms with van der Waals surface area (Å²) in [5.41, 5.74) is 7.32. The van der Waals surface area contributed by atoms with Crippen LogP contribution < -0.4 is 10.6 Å². The standard InChI is InChI=1S/C15H23ClN4O/c1-3-11(2)19-7-9-20(10-8-19)13-6-4-5-12(16)14(13)15(17)18-21/h4-6,11,21H,3,7-10H2,1-2H3,(H2,17,18). The first-order chi connectivity index (χ1) is 10.1. The minimum atomic E-state index is 0.0555. The maximum atomic E-state index is 8.96. The van der Waals surface area contributed by atoms with Crippen LogP contribution in [0.2, 0.25) is 5.02 Å². The number of halogens is 1. The van der Waals surface area contributed by atoms with Gasteiger partial charge >= 0.3 is 0 Å². The molecule has 5 nitrogen and oxygen atoms in total. The van der Waals surface area contributed by atoms with Gasteiger partial charge in [-0.05, 0) is 25.5 Å². The molecule has 0 aromatic heterocycles. The fraction of sp³-hybridized carbons (Fsp3) is 0.533. The van der Waals surface area contributed by atoms with Crippen LogP contribution in [0, 0.1) is 0 Å². The second-order valence-corrected chi connectivity index (χ2v) is 5.81. The molecule has 0 saturated carbocycles. The van der Waals surface area contributed by atoms with Crippen LogP contribution in [0.15, 0.2) is 23.4 Å². The zero-order chi connectivity index (χ0) is 15.4. The van der Waals surface area contributed by atoms with Crippen LogP contribution in [0.4, 0.5) is 5.69 Å². The fourth-order valence-corrected chi connectivity index (χ4v) is 3.01. The number of piperazine rings is 1. The Kier molecular flexibility index (Phi) is 5.31. The lowest BCUT2D eigenvalue weighted by molar-refractivity contribution is 0.193. The van der Waals surface area contributed by atoms with E-state index in [1.807, 2.05) is 12.1 Å². The molecule has 1 aromatic rings. The third-order valence-corrected chi connectivity index (χ3v) is 4.54. The molecule has 21 heavy (non-hydrogen) atoms. The minimum absolute atomic E-state index is 0.0555. The average Bonchev–Trinajstić information content (AvgIpc) is 2.53. The molecule has 0 spiro atoms. The van der Waals surface area contributed by atoms with Gasteiger partial charge in [-0.1, -0.05) is 29.7 Å². The van der Waals surface area contributed by atoms with Gasteiger partial charge in [-0.15, -0.1) is 0 Å². The zero-order valence-corrected chi connectivity index (χ0v) is 13.3. The Morgan fingerprint density at radius 1 is 1.38 bits per heavy atom. The first-order valence-electron chi connectivity index (χ1n) is 7.33. The molecule has 1 aliphatic heterocycles. The molecule has 1 aromatic carbocycles. The normalized spacial score (nSPS) is 18.8. The Labute approximate surface area is 131 Å². The SMILES string of the molecule is CCC(C)N1CCN(c2cccc(Cl)c2C(N)=NO)CC1. The van der Waals surface area contributed by atoms with Gasteiger partial charge < -0.3 is 15.8 Å². The van der Waals surface area contributed by atoms with Crippen molar-refractivity contribution in [1.82, 2.24) is 4.90 Å². The van der Waals surface area contributed by atoms with E-state index >= 15 is 0 Å². The molecule has 0 amide bonds. The monoisotopic (exact) mass is 310 g/mol. The molecule has 1 aliphatic rings. The van der Waals surface area contributed by atoms with E-state index in [1.165, 1.54) is 0 Å². The van der Waals surface area contributed by atoms with E-state index in [0.717, 1.165) is 38.3 Å². The summed E-state index contributed by atoms with van der Waals surface area (Å²) < 4.78 is 0. The molecule has 6 heteroatoms. The second-order valence-electron chi connectivity index (χ2n) is 5.40. The topological polar surface area (TPSA) is 65.1 Å². The van der Waals surface area contributed by atoms with E-state index < -0.39 is 0 Å². The van der Waals surface area contributed by atoms with E-state index in [0.29, 0.717) is 16.6 Å². The summed E-state index contributed by atoms with van der Waals surface area (Å²) in [7, 11) is 0. The van der Waals surface area contributed by atoms with Gasteiger partial charge in [0.05, 0.1) is 10.6 Å². The number of benzene rings is 1. The highest BCUT2D eigenvalue weighted by atomic mass is 35.5. The van der Waals surface area contributed by atoms with E-state index in [2.05, 4.69) is 28.8 Å². The summed E-state index contributed by atoms with van der Waals surface area (Å²) in [5.74, 6) is 0.0555. The van der Waals surface area contributed by atoms with Crippen LogP contribution >= 0.6 is 11.6 Å². The predicted molar refractivity (Wildman–Crippen MR) is 87.5 cm³/mol. The Balaban J connectivity index is 2.19. The van der Waals surface area contributed by atoms with Crippen molar-refractivity contribution in [3.8, 4) is 0 Å². The van der Waals surface area contributed by atoms with Gasteiger partial charge in [-0.2, -0.15) is 0 Å². The molecular formula is C15H23ClN4O. The van der Waals surface area contributed by atoms with Crippen LogP contribution in [-0.4, -0.2) is 48.2 Å². The highest BCUT2D eigenvalue weighted by molar-refractivity contribution is 6.34. The number of amidine groups is 1. The quantitative estimate of drug-likeness (QED) is 0.388. The van der Waals surface area contributed by atoms with Gasteiger partial charge in [0.15, 0.2) is 5.84 Å². The number of anilines is 1. The number of hydrogen-bond acceptors (Lipinski definition) is 4. The lowest BCUT2D eigenvalue weighted by atomic mass is 10.1. The molecule has 1 unspecified atom stereocenters. The Morgan fingerprint density at radius 3 is 2.62 bits per heavy atom. The smallest absolute Gasteiger partial charge is 0.173 e. The van der Waals surface area contributed by atoms with Crippen molar-refractivity contribution in [3.63, 3.8) is 0 Å². The number of rotatable bonds is 4. The van der Waals surface area contributed by atoms with Gasteiger partial charge in [0.25, 0.3) is 0 Å². The predicted octanol–water partition coefficient (Wildman–Crippen LogP) is 2.36. The zero-order valence-electron chi connectivity index (χ0n) is 12.6. The van der Waals surface area contributed by atoms with Crippen molar-refractivity contribution in [2.24, 2.45) is 10.9 Å². The summed E-state index contributed by atoms with van der Waals surface area (Å²) in [6, 6.07) is 6.23. The van der Waals surface area contributed by atoms with Crippen molar-refractivity contribution in [1.29, 1.82) is 0 Å². The number of nitrogens with two attached hydrogens (primary N) is 1. The molecule has 0 bridgehead atoms. The highest BCUT2D eigenvalue weighted by Gasteiger charge is 2.23. The molecule has 116 valence electrons. The fourth-order valence-electron chi connectivity index (χ4n) is 2.74. The molecule has 1 atom stereocenters. The Hall–Kier alpha value is -1.46. The number of nitrogens with zero attached hydrogens (tertiary/aromatic N) is 3. The van der Waals surface area contributed by atoms with Crippen LogP contribution in [0.25, 0.3) is 0 Å². The van der Waals surface area contributed by atoms with Crippen molar-refractivity contribution >= 4 is 23.1 Å². The van der Waals surface area contributed by atoms with Gasteiger partial charge in [0, 0.05) is 37.9 Å². The van der Waals surface area contributed by atoms with E-state index in [9.17, 15) is 0 Å². The molecule has 1 heterocycles. The minimum Gasteiger partial charge on any atom is -0.409 e. The Morgan fingerprint density at radius 2 is 2.05 bits per heavy atom. The summed E-state index contributed by atoms with van der Waals surface area (Å²) in [6.07, 6.45) is 1.16. The summed E-state index contributed by atoms with van der Waals surface area (Å²) in [6.45, 7) is 8.32. The number of hydrogen-bond donors (Lipinski definition) is 2. The van der Waals surface area contributed by atoms with Crippen molar-refractivity contribution < 1.29 is 5.21 Å². The summed E-state index contributed by atoms with van der Waals surface area (Å²) in [4.78, 5) is 4.74. The summed E-state index contributed by atoms with van der Waals surface area (Å²) in [5, 5.41) is 12.6. The lowest BCUT2D eigenvalue weighted by Crippen LogP contribution is -2.49. The first kappa shape index (κ1) is 15.9. The largest absolute Gasteiger partial charge is 0.409 e. The molecule has 0 aliphatic carbocycles. The van der Waals surface area contributed by atoms with E-state index in [-0.39, 0.29) is 5.84 Å². The Bertz CT molecular complexity index is 512. The molecule has 1 fully saturated rings. The van der Waals surface area contributed by atoms with Gasteiger partial charge in [-0.3, -0.25) is 4.90 Å². The lowest BCUT2D eigenvalue weighted by Gasteiger charge is -2.39. The molecule has 0 radical (unpaired) electrons. The van der Waals surface area contributed by atoms with Crippen LogP contribution in [0.5, 0.6) is 0 Å². The van der Waals surface area contributed by atoms with Gasteiger partial charge in [0.2, 0.25) is 0 Å².